The number of benzene rings is 1. The maximum atomic E-state index is 12.1. The predicted molar refractivity (Wildman–Crippen MR) is 67.0 cm³/mol. The van der Waals surface area contributed by atoms with E-state index in [1.807, 2.05) is 0 Å². The van der Waals surface area contributed by atoms with E-state index in [0.29, 0.717) is 17.5 Å². The van der Waals surface area contributed by atoms with Crippen molar-refractivity contribution in [2.24, 2.45) is 0 Å². The van der Waals surface area contributed by atoms with Crippen LogP contribution in [-0.2, 0) is 13.0 Å². The molecule has 0 atom stereocenters. The summed E-state index contributed by atoms with van der Waals surface area (Å²) in [5, 5.41) is 10.9. The molecule has 0 aliphatic carbocycles. The Balaban J connectivity index is 2.08. The van der Waals surface area contributed by atoms with Gasteiger partial charge in [-0.2, -0.15) is 13.2 Å². The lowest BCUT2D eigenvalue weighted by molar-refractivity contribution is -0.123. The zero-order chi connectivity index (χ0) is 15.6. The van der Waals surface area contributed by atoms with Gasteiger partial charge in [-0.1, -0.05) is 12.1 Å². The van der Waals surface area contributed by atoms with Gasteiger partial charge >= 0.3 is 18.2 Å². The van der Waals surface area contributed by atoms with Gasteiger partial charge < -0.3 is 15.3 Å². The highest BCUT2D eigenvalue weighted by Crippen LogP contribution is 2.23. The van der Waals surface area contributed by atoms with E-state index in [4.69, 9.17) is 5.11 Å². The number of hydrogen-bond acceptors (Lipinski definition) is 2. The van der Waals surface area contributed by atoms with Crippen LogP contribution in [0.15, 0.2) is 18.2 Å². The Hall–Kier alpha value is -2.25. The largest absolute Gasteiger partial charge is 0.478 e. The van der Waals surface area contributed by atoms with E-state index in [0.717, 1.165) is 0 Å². The molecule has 2 amide bonds. The number of carboxylic acid groups (broad SMARTS) is 1. The molecule has 1 heterocycles. The maximum absolute atomic E-state index is 12.1. The average molecular weight is 302 g/mol. The van der Waals surface area contributed by atoms with Gasteiger partial charge in [0.05, 0.1) is 5.56 Å². The molecule has 0 spiro atoms. The SMILES string of the molecule is O=C(O)c1cccc2c1CCN(C(=O)NCC(F)(F)F)C2. The lowest BCUT2D eigenvalue weighted by Crippen LogP contribution is -2.45. The lowest BCUT2D eigenvalue weighted by Gasteiger charge is -2.29. The lowest BCUT2D eigenvalue weighted by atomic mass is 9.95. The second-order valence-corrected chi connectivity index (χ2v) is 4.69. The summed E-state index contributed by atoms with van der Waals surface area (Å²) in [5.74, 6) is -1.05. The van der Waals surface area contributed by atoms with Gasteiger partial charge in [0, 0.05) is 13.1 Å². The Labute approximate surface area is 118 Å². The average Bonchev–Trinajstić information content (AvgIpc) is 2.42. The van der Waals surface area contributed by atoms with Crippen LogP contribution in [0.25, 0.3) is 0 Å². The Morgan fingerprint density at radius 2 is 2.05 bits per heavy atom. The second-order valence-electron chi connectivity index (χ2n) is 4.69. The molecule has 8 heteroatoms. The molecule has 21 heavy (non-hydrogen) atoms. The Morgan fingerprint density at radius 3 is 2.67 bits per heavy atom. The zero-order valence-electron chi connectivity index (χ0n) is 10.9. The summed E-state index contributed by atoms with van der Waals surface area (Å²) in [4.78, 5) is 24.0. The second kappa shape index (κ2) is 5.63. The summed E-state index contributed by atoms with van der Waals surface area (Å²) in [5.41, 5.74) is 1.44. The number of fused-ring (bicyclic) bond motifs is 1. The molecular weight excluding hydrogens is 289 g/mol. The number of rotatable bonds is 2. The predicted octanol–water partition coefficient (Wildman–Crippen LogP) is 2.01. The number of amides is 2. The van der Waals surface area contributed by atoms with E-state index in [1.54, 1.807) is 17.4 Å². The van der Waals surface area contributed by atoms with Crippen molar-refractivity contribution in [2.75, 3.05) is 13.1 Å². The van der Waals surface area contributed by atoms with Crippen LogP contribution in [0, 0.1) is 0 Å². The number of carboxylic acids is 1. The first-order chi connectivity index (χ1) is 9.78. The number of urea groups is 1. The first-order valence-electron chi connectivity index (χ1n) is 6.21. The molecule has 1 aromatic carbocycles. The normalized spacial score (nSPS) is 14.5. The minimum Gasteiger partial charge on any atom is -0.478 e. The van der Waals surface area contributed by atoms with E-state index in [9.17, 15) is 22.8 Å². The fraction of sp³-hybridized carbons (Fsp3) is 0.385. The number of carbonyl (C=O) groups excluding carboxylic acids is 1. The Bertz CT molecular complexity index is 572. The first kappa shape index (κ1) is 15.1. The van der Waals surface area contributed by atoms with Gasteiger partial charge in [-0.15, -0.1) is 0 Å². The monoisotopic (exact) mass is 302 g/mol. The summed E-state index contributed by atoms with van der Waals surface area (Å²) >= 11 is 0. The molecule has 0 saturated carbocycles. The Morgan fingerprint density at radius 1 is 1.33 bits per heavy atom. The van der Waals surface area contributed by atoms with E-state index in [1.165, 1.54) is 11.0 Å². The first-order valence-corrected chi connectivity index (χ1v) is 6.21. The molecule has 2 rings (SSSR count). The molecule has 5 nitrogen and oxygen atoms in total. The van der Waals surface area contributed by atoms with Crippen LogP contribution in [0.5, 0.6) is 0 Å². The topological polar surface area (TPSA) is 69.6 Å². The molecule has 2 N–H and O–H groups in total. The van der Waals surface area contributed by atoms with Crippen LogP contribution in [0.1, 0.15) is 21.5 Å². The van der Waals surface area contributed by atoms with Crippen molar-refractivity contribution in [1.29, 1.82) is 0 Å². The molecule has 0 bridgehead atoms. The van der Waals surface area contributed by atoms with Crippen LogP contribution >= 0.6 is 0 Å². The van der Waals surface area contributed by atoms with Gasteiger partial charge in [-0.25, -0.2) is 9.59 Å². The van der Waals surface area contributed by atoms with Crippen molar-refractivity contribution < 1.29 is 27.9 Å². The van der Waals surface area contributed by atoms with Crippen LogP contribution < -0.4 is 5.32 Å². The minimum absolute atomic E-state index is 0.0974. The zero-order valence-corrected chi connectivity index (χ0v) is 10.9. The molecule has 0 unspecified atom stereocenters. The fourth-order valence-electron chi connectivity index (χ4n) is 2.27. The highest BCUT2D eigenvalue weighted by molar-refractivity contribution is 5.90. The smallest absolute Gasteiger partial charge is 0.405 e. The molecule has 1 aromatic rings. The maximum Gasteiger partial charge on any atom is 0.405 e. The fourth-order valence-corrected chi connectivity index (χ4v) is 2.27. The number of nitrogens with one attached hydrogen (secondary N) is 1. The summed E-state index contributed by atoms with van der Waals surface area (Å²) in [7, 11) is 0. The van der Waals surface area contributed by atoms with Gasteiger partial charge in [-0.3, -0.25) is 0 Å². The number of hydrogen-bond donors (Lipinski definition) is 2. The third-order valence-corrected chi connectivity index (χ3v) is 3.22. The van der Waals surface area contributed by atoms with E-state index >= 15 is 0 Å². The quantitative estimate of drug-likeness (QED) is 0.878. The number of alkyl halides is 3. The highest BCUT2D eigenvalue weighted by atomic mass is 19.4. The van der Waals surface area contributed by atoms with Gasteiger partial charge in [0.1, 0.15) is 6.54 Å². The van der Waals surface area contributed by atoms with Gasteiger partial charge in [0.15, 0.2) is 0 Å². The number of carbonyl (C=O) groups is 2. The number of nitrogens with zero attached hydrogens (tertiary/aromatic N) is 1. The highest BCUT2D eigenvalue weighted by Gasteiger charge is 2.30. The standard InChI is InChI=1S/C13H13F3N2O3/c14-13(15,16)7-17-12(21)18-5-4-9-8(6-18)2-1-3-10(9)11(19)20/h1-3H,4-7H2,(H,17,21)(H,19,20). The van der Waals surface area contributed by atoms with E-state index < -0.39 is 24.7 Å². The summed E-state index contributed by atoms with van der Waals surface area (Å²) in [6.45, 7) is -1.11. The van der Waals surface area contributed by atoms with Crippen molar-refractivity contribution in [2.45, 2.75) is 19.1 Å². The third-order valence-electron chi connectivity index (χ3n) is 3.22. The molecule has 0 saturated heterocycles. The number of halogens is 3. The van der Waals surface area contributed by atoms with Gasteiger partial charge in [-0.05, 0) is 23.6 Å². The van der Waals surface area contributed by atoms with E-state index in [2.05, 4.69) is 0 Å². The van der Waals surface area contributed by atoms with Crippen molar-refractivity contribution in [3.8, 4) is 0 Å². The molecular formula is C13H13F3N2O3. The molecule has 0 fully saturated rings. The third kappa shape index (κ3) is 3.65. The van der Waals surface area contributed by atoms with Crippen LogP contribution in [-0.4, -0.2) is 41.3 Å². The Kier molecular flexibility index (Phi) is 4.06. The van der Waals surface area contributed by atoms with Gasteiger partial charge in [0.2, 0.25) is 0 Å². The minimum atomic E-state index is -4.46. The van der Waals surface area contributed by atoms with Crippen LogP contribution in [0.4, 0.5) is 18.0 Å². The van der Waals surface area contributed by atoms with E-state index in [-0.39, 0.29) is 18.7 Å². The molecule has 1 aliphatic rings. The molecule has 0 radical (unpaired) electrons. The number of aromatic carboxylic acids is 1. The summed E-state index contributed by atoms with van der Waals surface area (Å²) in [6.07, 6.45) is -4.16. The van der Waals surface area contributed by atoms with Crippen molar-refractivity contribution in [1.82, 2.24) is 10.2 Å². The molecule has 1 aliphatic heterocycles. The summed E-state index contributed by atoms with van der Waals surface area (Å²) in [6, 6.07) is 3.89. The van der Waals surface area contributed by atoms with Crippen LogP contribution in [0.2, 0.25) is 0 Å². The van der Waals surface area contributed by atoms with Crippen molar-refractivity contribution >= 4 is 12.0 Å². The molecule has 0 aromatic heterocycles. The van der Waals surface area contributed by atoms with Crippen molar-refractivity contribution in [3.05, 3.63) is 34.9 Å². The van der Waals surface area contributed by atoms with Gasteiger partial charge in [0.25, 0.3) is 0 Å². The molecule has 114 valence electrons. The van der Waals surface area contributed by atoms with Crippen molar-refractivity contribution in [3.63, 3.8) is 0 Å². The summed E-state index contributed by atoms with van der Waals surface area (Å²) < 4.78 is 36.2. The van der Waals surface area contributed by atoms with Crippen LogP contribution in [0.3, 0.4) is 0 Å².